The van der Waals surface area contributed by atoms with Gasteiger partial charge in [0.2, 0.25) is 0 Å². The molecule has 1 saturated heterocycles. The van der Waals surface area contributed by atoms with Crippen LogP contribution in [0.5, 0.6) is 0 Å². The predicted molar refractivity (Wildman–Crippen MR) is 113 cm³/mol. The minimum absolute atomic E-state index is 0.0388. The van der Waals surface area contributed by atoms with Gasteiger partial charge in [-0.1, -0.05) is 0 Å². The summed E-state index contributed by atoms with van der Waals surface area (Å²) in [6.07, 6.45) is -2.74. The van der Waals surface area contributed by atoms with E-state index in [1.54, 1.807) is 0 Å². The molecule has 2 atom stereocenters. The summed E-state index contributed by atoms with van der Waals surface area (Å²) in [5, 5.41) is -5.31. The van der Waals surface area contributed by atoms with Crippen LogP contribution >= 0.6 is 0 Å². The third-order valence-electron chi connectivity index (χ3n) is 8.73. The van der Waals surface area contributed by atoms with E-state index >= 15 is 0 Å². The molecule has 0 amide bonds. The Kier molecular flexibility index (Phi) is 6.65. The van der Waals surface area contributed by atoms with E-state index in [2.05, 4.69) is 4.18 Å². The van der Waals surface area contributed by atoms with Gasteiger partial charge < -0.3 is 14.2 Å². The minimum atomic E-state index is -6.35. The van der Waals surface area contributed by atoms with Gasteiger partial charge in [-0.2, -0.15) is 30.4 Å². The number of esters is 1. The van der Waals surface area contributed by atoms with Gasteiger partial charge in [-0.25, -0.2) is 4.79 Å². The van der Waals surface area contributed by atoms with E-state index in [0.717, 1.165) is 19.3 Å². The zero-order valence-electron chi connectivity index (χ0n) is 19.7. The zero-order chi connectivity index (χ0) is 26.0. The fourth-order valence-corrected chi connectivity index (χ4v) is 8.62. The van der Waals surface area contributed by atoms with E-state index in [0.29, 0.717) is 43.4 Å². The van der Waals surface area contributed by atoms with Crippen LogP contribution in [0, 0.1) is 29.1 Å². The summed E-state index contributed by atoms with van der Waals surface area (Å²) in [5.41, 5.74) is -0.481. The first kappa shape index (κ1) is 26.6. The van der Waals surface area contributed by atoms with Crippen molar-refractivity contribution < 1.29 is 53.6 Å². The third kappa shape index (κ3) is 4.66. The molecule has 6 fully saturated rings. The number of hydrogen-bond donors (Lipinski definition) is 0. The molecule has 6 aliphatic rings. The molecule has 36 heavy (non-hydrogen) atoms. The van der Waals surface area contributed by atoms with E-state index in [4.69, 9.17) is 14.2 Å². The van der Waals surface area contributed by atoms with Crippen molar-refractivity contribution in [1.29, 1.82) is 0 Å². The van der Waals surface area contributed by atoms with Gasteiger partial charge >= 0.3 is 27.5 Å². The molecule has 0 aromatic heterocycles. The maximum atomic E-state index is 14.8. The van der Waals surface area contributed by atoms with Crippen LogP contribution in [0.4, 0.5) is 22.0 Å². The predicted octanol–water partition coefficient (Wildman–Crippen LogP) is 4.55. The Labute approximate surface area is 206 Å². The van der Waals surface area contributed by atoms with Crippen molar-refractivity contribution in [2.24, 2.45) is 29.1 Å². The summed E-state index contributed by atoms with van der Waals surface area (Å²) in [6, 6.07) is 0. The topological polar surface area (TPSA) is 88.1 Å². The Balaban J connectivity index is 1.29. The number of alkyl halides is 5. The van der Waals surface area contributed by atoms with Crippen molar-refractivity contribution >= 4 is 16.1 Å². The molecule has 1 spiro atoms. The van der Waals surface area contributed by atoms with Crippen molar-refractivity contribution in [3.8, 4) is 0 Å². The summed E-state index contributed by atoms with van der Waals surface area (Å²) in [7, 11) is -6.35. The smallest absolute Gasteiger partial charge is 0.460 e. The van der Waals surface area contributed by atoms with Crippen molar-refractivity contribution in [2.75, 3.05) is 19.8 Å². The van der Waals surface area contributed by atoms with Crippen molar-refractivity contribution in [2.45, 2.75) is 87.5 Å². The maximum Gasteiger partial charge on any atom is 0.466 e. The van der Waals surface area contributed by atoms with Gasteiger partial charge in [0.15, 0.2) is 11.9 Å². The van der Waals surface area contributed by atoms with Gasteiger partial charge in [0.05, 0.1) is 19.8 Å². The molecule has 7 nitrogen and oxygen atoms in total. The average Bonchev–Trinajstić information content (AvgIpc) is 3.16. The summed E-state index contributed by atoms with van der Waals surface area (Å²) in [4.78, 5) is 12.3. The van der Waals surface area contributed by atoms with Gasteiger partial charge in [-0.3, -0.25) is 4.18 Å². The monoisotopic (exact) mass is 546 g/mol. The van der Waals surface area contributed by atoms with Crippen molar-refractivity contribution in [3.63, 3.8) is 0 Å². The molecule has 5 aliphatic carbocycles. The first-order valence-corrected chi connectivity index (χ1v) is 14.0. The quantitative estimate of drug-likeness (QED) is 0.263. The Morgan fingerprint density at radius 2 is 1.50 bits per heavy atom. The molecule has 4 bridgehead atoms. The van der Waals surface area contributed by atoms with E-state index in [1.807, 2.05) is 0 Å². The second-order valence-electron chi connectivity index (χ2n) is 11.4. The maximum absolute atomic E-state index is 14.8. The van der Waals surface area contributed by atoms with Crippen LogP contribution in [0.2, 0.25) is 0 Å². The van der Waals surface area contributed by atoms with Gasteiger partial charge in [-0.15, -0.1) is 0 Å². The number of halogens is 5. The Bertz CT molecular complexity index is 925. The molecular formula is C23H31F5O7S. The van der Waals surface area contributed by atoms with Crippen LogP contribution in [0.1, 0.15) is 64.2 Å². The summed E-state index contributed by atoms with van der Waals surface area (Å²) in [5.74, 6) is -4.59. The molecule has 6 rings (SSSR count). The highest BCUT2D eigenvalue weighted by atomic mass is 32.2. The van der Waals surface area contributed by atoms with E-state index in [1.165, 1.54) is 0 Å². The molecule has 206 valence electrons. The van der Waals surface area contributed by atoms with Crippen molar-refractivity contribution in [1.82, 2.24) is 0 Å². The average molecular weight is 547 g/mol. The summed E-state index contributed by atoms with van der Waals surface area (Å²) < 4.78 is 116. The third-order valence-corrected chi connectivity index (χ3v) is 9.99. The fourth-order valence-electron chi connectivity index (χ4n) is 7.72. The Hall–Kier alpha value is -1.05. The summed E-state index contributed by atoms with van der Waals surface area (Å²) >= 11 is 0. The van der Waals surface area contributed by atoms with Crippen molar-refractivity contribution in [3.05, 3.63) is 0 Å². The van der Waals surface area contributed by atoms with Crippen LogP contribution in [0.15, 0.2) is 0 Å². The van der Waals surface area contributed by atoms with E-state index in [9.17, 15) is 35.2 Å². The fraction of sp³-hybridized carbons (Fsp3) is 0.957. The SMILES string of the molecule is O=C(OCC12CC3CC(CC(C3)C1)C2)C(F)(F)S(=O)(=O)OC(C1CCCC12OCCCO2)C(F)(F)F. The lowest BCUT2D eigenvalue weighted by Gasteiger charge is -2.56. The number of carbonyl (C=O) groups excluding carboxylic acids is 1. The molecule has 1 heterocycles. The minimum Gasteiger partial charge on any atom is -0.460 e. The molecule has 0 radical (unpaired) electrons. The molecule has 5 saturated carbocycles. The first-order chi connectivity index (χ1) is 16.8. The molecule has 1 aliphatic heterocycles. The van der Waals surface area contributed by atoms with Gasteiger partial charge in [-0.05, 0) is 75.5 Å². The van der Waals surface area contributed by atoms with E-state index < -0.39 is 50.7 Å². The second kappa shape index (κ2) is 9.01. The molecule has 13 heteroatoms. The number of rotatable bonds is 7. The van der Waals surface area contributed by atoms with Crippen LogP contribution < -0.4 is 0 Å². The lowest BCUT2D eigenvalue weighted by Crippen LogP contribution is -2.55. The molecular weight excluding hydrogens is 515 g/mol. The van der Waals surface area contributed by atoms with Crippen LogP contribution in [0.25, 0.3) is 0 Å². The largest absolute Gasteiger partial charge is 0.466 e. The van der Waals surface area contributed by atoms with Gasteiger partial charge in [0.1, 0.15) is 0 Å². The summed E-state index contributed by atoms with van der Waals surface area (Å²) in [6.45, 7) is -0.210. The van der Waals surface area contributed by atoms with E-state index in [-0.39, 0.29) is 39.1 Å². The molecule has 0 aromatic carbocycles. The highest BCUT2D eigenvalue weighted by Crippen LogP contribution is 2.60. The molecule has 0 N–H and O–H groups in total. The zero-order valence-corrected chi connectivity index (χ0v) is 20.6. The highest BCUT2D eigenvalue weighted by molar-refractivity contribution is 7.88. The standard InChI is InChI=1S/C23H31F5O7S/c24-22(25,26)18(17-3-1-4-21(17)33-5-2-6-34-21)35-36(30,31)23(27,28)19(29)32-13-20-10-14-7-15(11-20)9-16(8-14)12-20/h14-18H,1-13H2. The number of hydrogen-bond acceptors (Lipinski definition) is 7. The molecule has 2 unspecified atom stereocenters. The number of carbonyl (C=O) groups is 1. The second-order valence-corrected chi connectivity index (χ2v) is 13.0. The van der Waals surface area contributed by atoms with Gasteiger partial charge in [0.25, 0.3) is 0 Å². The van der Waals surface area contributed by atoms with Crippen LogP contribution in [-0.2, 0) is 33.3 Å². The highest BCUT2D eigenvalue weighted by Gasteiger charge is 2.64. The van der Waals surface area contributed by atoms with Crippen LogP contribution in [-0.4, -0.2) is 57.5 Å². The normalized spacial score (nSPS) is 36.8. The van der Waals surface area contributed by atoms with Crippen LogP contribution in [0.3, 0.4) is 0 Å². The van der Waals surface area contributed by atoms with Gasteiger partial charge in [0, 0.05) is 17.8 Å². The lowest BCUT2D eigenvalue weighted by atomic mass is 9.50. The number of ether oxygens (including phenoxy) is 3. The Morgan fingerprint density at radius 3 is 2.03 bits per heavy atom. The lowest BCUT2D eigenvalue weighted by molar-refractivity contribution is -0.317. The first-order valence-electron chi connectivity index (χ1n) is 12.6. The Morgan fingerprint density at radius 1 is 0.944 bits per heavy atom. The molecule has 0 aromatic rings.